The summed E-state index contributed by atoms with van der Waals surface area (Å²) in [7, 11) is 0. The van der Waals surface area contributed by atoms with E-state index in [1.54, 1.807) is 18.0 Å². The molecule has 0 aliphatic rings. The topological polar surface area (TPSA) is 46.0 Å². The first kappa shape index (κ1) is 11.5. The second-order valence-electron chi connectivity index (χ2n) is 3.48. The van der Waals surface area contributed by atoms with E-state index in [0.717, 1.165) is 22.2 Å². The molecular weight excluding hydrogens is 196 g/mol. The van der Waals surface area contributed by atoms with Gasteiger partial charge in [0, 0.05) is 12.4 Å². The zero-order valence-corrected chi connectivity index (χ0v) is 9.64. The van der Waals surface area contributed by atoms with Gasteiger partial charge in [0.25, 0.3) is 0 Å². The quantitative estimate of drug-likeness (QED) is 0.773. The Balaban J connectivity index is 2.55. The van der Waals surface area contributed by atoms with E-state index in [4.69, 9.17) is 5.11 Å². The van der Waals surface area contributed by atoms with Crippen molar-refractivity contribution in [2.24, 2.45) is 5.92 Å². The number of nitrogens with zero attached hydrogens (tertiary/aromatic N) is 2. The normalized spacial score (nSPS) is 12.9. The summed E-state index contributed by atoms with van der Waals surface area (Å²) < 4.78 is 0. The highest BCUT2D eigenvalue weighted by Gasteiger charge is 2.04. The molecule has 3 nitrogen and oxygen atoms in total. The van der Waals surface area contributed by atoms with Crippen LogP contribution in [-0.4, -0.2) is 27.4 Å². The van der Waals surface area contributed by atoms with Crippen LogP contribution >= 0.6 is 11.8 Å². The van der Waals surface area contributed by atoms with Gasteiger partial charge in [-0.3, -0.25) is 4.98 Å². The minimum Gasteiger partial charge on any atom is -0.396 e. The van der Waals surface area contributed by atoms with Crippen molar-refractivity contribution in [1.82, 2.24) is 9.97 Å². The number of hydrogen-bond donors (Lipinski definition) is 1. The van der Waals surface area contributed by atoms with E-state index >= 15 is 0 Å². The molecule has 1 aromatic heterocycles. The van der Waals surface area contributed by atoms with Gasteiger partial charge in [0.1, 0.15) is 5.03 Å². The van der Waals surface area contributed by atoms with E-state index in [0.29, 0.717) is 5.92 Å². The lowest BCUT2D eigenvalue weighted by Gasteiger charge is -2.07. The molecule has 0 aromatic carbocycles. The highest BCUT2D eigenvalue weighted by atomic mass is 32.2. The SMILES string of the molecule is Cc1ncc(SCC(C)CO)nc1C. The maximum absolute atomic E-state index is 8.86. The third-order valence-corrected chi connectivity index (χ3v) is 3.23. The molecule has 14 heavy (non-hydrogen) atoms. The molecule has 0 saturated heterocycles. The van der Waals surface area contributed by atoms with Crippen molar-refractivity contribution in [3.8, 4) is 0 Å². The van der Waals surface area contributed by atoms with E-state index in [1.807, 2.05) is 20.8 Å². The van der Waals surface area contributed by atoms with Crippen LogP contribution in [0.2, 0.25) is 0 Å². The lowest BCUT2D eigenvalue weighted by Crippen LogP contribution is -2.04. The van der Waals surface area contributed by atoms with Gasteiger partial charge < -0.3 is 5.11 Å². The van der Waals surface area contributed by atoms with Crippen molar-refractivity contribution in [3.63, 3.8) is 0 Å². The molecule has 78 valence electrons. The largest absolute Gasteiger partial charge is 0.396 e. The predicted octanol–water partition coefficient (Wildman–Crippen LogP) is 1.81. The van der Waals surface area contributed by atoms with E-state index in [2.05, 4.69) is 9.97 Å². The molecule has 0 aliphatic heterocycles. The Hall–Kier alpha value is -0.610. The predicted molar refractivity (Wildman–Crippen MR) is 58.5 cm³/mol. The number of aromatic nitrogens is 2. The van der Waals surface area contributed by atoms with Crippen molar-refractivity contribution in [1.29, 1.82) is 0 Å². The molecule has 0 amide bonds. The molecule has 0 spiro atoms. The van der Waals surface area contributed by atoms with Crippen LogP contribution in [0.15, 0.2) is 11.2 Å². The smallest absolute Gasteiger partial charge is 0.115 e. The average molecular weight is 212 g/mol. The zero-order chi connectivity index (χ0) is 10.6. The fraction of sp³-hybridized carbons (Fsp3) is 0.600. The van der Waals surface area contributed by atoms with Crippen LogP contribution in [0.4, 0.5) is 0 Å². The zero-order valence-electron chi connectivity index (χ0n) is 8.82. The van der Waals surface area contributed by atoms with Crippen molar-refractivity contribution in [2.45, 2.75) is 25.8 Å². The standard InChI is InChI=1S/C10H16N2OS/c1-7(5-13)6-14-10-4-11-8(2)9(3)12-10/h4,7,13H,5-6H2,1-3H3. The summed E-state index contributed by atoms with van der Waals surface area (Å²) in [5.41, 5.74) is 1.95. The summed E-state index contributed by atoms with van der Waals surface area (Å²) in [6, 6.07) is 0. The number of hydrogen-bond acceptors (Lipinski definition) is 4. The van der Waals surface area contributed by atoms with Crippen molar-refractivity contribution in [2.75, 3.05) is 12.4 Å². The second kappa shape index (κ2) is 5.32. The molecule has 0 aliphatic carbocycles. The van der Waals surface area contributed by atoms with Crippen LogP contribution in [0.25, 0.3) is 0 Å². The Labute approximate surface area is 89.0 Å². The summed E-state index contributed by atoms with van der Waals surface area (Å²) in [6.45, 7) is 6.15. The van der Waals surface area contributed by atoms with Crippen molar-refractivity contribution >= 4 is 11.8 Å². The maximum Gasteiger partial charge on any atom is 0.115 e. The van der Waals surface area contributed by atoms with Crippen LogP contribution < -0.4 is 0 Å². The van der Waals surface area contributed by atoms with E-state index < -0.39 is 0 Å². The third-order valence-electron chi connectivity index (χ3n) is 2.00. The van der Waals surface area contributed by atoms with E-state index in [-0.39, 0.29) is 6.61 Å². The summed E-state index contributed by atoms with van der Waals surface area (Å²) in [5, 5.41) is 9.80. The van der Waals surface area contributed by atoms with Crippen LogP contribution in [0.5, 0.6) is 0 Å². The summed E-state index contributed by atoms with van der Waals surface area (Å²) in [5.74, 6) is 1.19. The first-order valence-electron chi connectivity index (χ1n) is 4.67. The molecule has 1 aromatic rings. The van der Waals surface area contributed by atoms with Crippen LogP contribution in [0.3, 0.4) is 0 Å². The molecule has 1 heterocycles. The lowest BCUT2D eigenvalue weighted by molar-refractivity contribution is 0.250. The van der Waals surface area contributed by atoms with Gasteiger partial charge in [0.2, 0.25) is 0 Å². The van der Waals surface area contributed by atoms with E-state index in [9.17, 15) is 0 Å². The molecule has 1 unspecified atom stereocenters. The fourth-order valence-corrected chi connectivity index (χ4v) is 1.76. The summed E-state index contributed by atoms with van der Waals surface area (Å²) >= 11 is 1.64. The molecule has 4 heteroatoms. The molecule has 1 rings (SSSR count). The fourth-order valence-electron chi connectivity index (χ4n) is 0.870. The Morgan fingerprint density at radius 2 is 2.14 bits per heavy atom. The summed E-state index contributed by atoms with van der Waals surface area (Å²) in [4.78, 5) is 8.63. The minimum absolute atomic E-state index is 0.227. The lowest BCUT2D eigenvalue weighted by atomic mass is 10.2. The first-order chi connectivity index (χ1) is 6.63. The molecule has 0 fully saturated rings. The number of aliphatic hydroxyl groups is 1. The van der Waals surface area contributed by atoms with Gasteiger partial charge in [-0.2, -0.15) is 0 Å². The highest BCUT2D eigenvalue weighted by Crippen LogP contribution is 2.18. The Morgan fingerprint density at radius 1 is 1.43 bits per heavy atom. The van der Waals surface area contributed by atoms with Crippen LogP contribution in [0.1, 0.15) is 18.3 Å². The van der Waals surface area contributed by atoms with Gasteiger partial charge in [0.15, 0.2) is 0 Å². The third kappa shape index (κ3) is 3.27. The molecule has 1 atom stereocenters. The number of aliphatic hydroxyl groups excluding tert-OH is 1. The minimum atomic E-state index is 0.227. The van der Waals surface area contributed by atoms with Crippen molar-refractivity contribution < 1.29 is 5.11 Å². The monoisotopic (exact) mass is 212 g/mol. The Bertz CT molecular complexity index is 304. The van der Waals surface area contributed by atoms with Gasteiger partial charge in [0.05, 0.1) is 17.6 Å². The first-order valence-corrected chi connectivity index (χ1v) is 5.66. The van der Waals surface area contributed by atoms with Crippen LogP contribution in [-0.2, 0) is 0 Å². The second-order valence-corrected chi connectivity index (χ2v) is 4.52. The highest BCUT2D eigenvalue weighted by molar-refractivity contribution is 7.99. The molecule has 0 saturated carbocycles. The maximum atomic E-state index is 8.86. The van der Waals surface area contributed by atoms with E-state index in [1.165, 1.54) is 0 Å². The van der Waals surface area contributed by atoms with Gasteiger partial charge >= 0.3 is 0 Å². The molecule has 1 N–H and O–H groups in total. The van der Waals surface area contributed by atoms with Gasteiger partial charge in [-0.15, -0.1) is 11.8 Å². The average Bonchev–Trinajstić information content (AvgIpc) is 2.19. The Morgan fingerprint density at radius 3 is 2.71 bits per heavy atom. The number of thioether (sulfide) groups is 1. The Kier molecular flexibility index (Phi) is 4.35. The van der Waals surface area contributed by atoms with Gasteiger partial charge in [-0.1, -0.05) is 6.92 Å². The van der Waals surface area contributed by atoms with Gasteiger partial charge in [-0.05, 0) is 19.8 Å². The van der Waals surface area contributed by atoms with Gasteiger partial charge in [-0.25, -0.2) is 4.98 Å². The number of aryl methyl sites for hydroxylation is 2. The summed E-state index contributed by atoms with van der Waals surface area (Å²) in [6.07, 6.45) is 1.79. The van der Waals surface area contributed by atoms with Crippen molar-refractivity contribution in [3.05, 3.63) is 17.6 Å². The molecule has 0 radical (unpaired) electrons. The van der Waals surface area contributed by atoms with Crippen LogP contribution in [0, 0.1) is 19.8 Å². The number of rotatable bonds is 4. The molecular formula is C10H16N2OS. The molecule has 0 bridgehead atoms.